The molecule has 0 N–H and O–H groups in total. The van der Waals surface area contributed by atoms with E-state index in [-0.39, 0.29) is 11.2 Å². The van der Waals surface area contributed by atoms with Crippen molar-refractivity contribution >= 4 is 22.4 Å². The Hall–Kier alpha value is -2.78. The van der Waals surface area contributed by atoms with E-state index in [2.05, 4.69) is 69.3 Å². The number of nitrogens with zero attached hydrogens (tertiary/aromatic N) is 1. The van der Waals surface area contributed by atoms with Crippen LogP contribution < -0.4 is 0 Å². The van der Waals surface area contributed by atoms with Crippen LogP contribution in [0.5, 0.6) is 0 Å². The molecular formula is C26H26FNS. The van der Waals surface area contributed by atoms with E-state index in [0.717, 1.165) is 21.7 Å². The predicted molar refractivity (Wildman–Crippen MR) is 125 cm³/mol. The zero-order valence-electron chi connectivity index (χ0n) is 17.2. The second-order valence-corrected chi connectivity index (χ2v) is 8.30. The summed E-state index contributed by atoms with van der Waals surface area (Å²) < 4.78 is 13.3. The maximum Gasteiger partial charge on any atom is 0.123 e. The molecule has 148 valence electrons. The van der Waals surface area contributed by atoms with Crippen molar-refractivity contribution in [2.45, 2.75) is 19.2 Å². The molecule has 1 atom stereocenters. The Morgan fingerprint density at radius 3 is 2.07 bits per heavy atom. The minimum atomic E-state index is -0.243. The van der Waals surface area contributed by atoms with Crippen LogP contribution in [0.15, 0.2) is 86.0 Å². The summed E-state index contributed by atoms with van der Waals surface area (Å²) in [5, 5.41) is -0.0131. The molecule has 0 fully saturated rings. The topological polar surface area (TPSA) is 3.24 Å². The summed E-state index contributed by atoms with van der Waals surface area (Å²) in [6, 6.07) is 23.1. The van der Waals surface area contributed by atoms with Crippen molar-refractivity contribution in [2.75, 3.05) is 7.05 Å². The van der Waals surface area contributed by atoms with Crippen LogP contribution in [-0.2, 0) is 0 Å². The maximum atomic E-state index is 13.3. The van der Waals surface area contributed by atoms with Gasteiger partial charge in [-0.25, -0.2) is 4.39 Å². The van der Waals surface area contributed by atoms with E-state index in [0.29, 0.717) is 0 Å². The fourth-order valence-corrected chi connectivity index (χ4v) is 4.50. The van der Waals surface area contributed by atoms with Crippen LogP contribution in [0.25, 0.3) is 10.6 Å². The van der Waals surface area contributed by atoms with Crippen molar-refractivity contribution < 1.29 is 4.39 Å². The zero-order valence-corrected chi connectivity index (χ0v) is 18.0. The number of benzene rings is 3. The summed E-state index contributed by atoms with van der Waals surface area (Å²) in [7, 11) is 2.07. The van der Waals surface area contributed by atoms with E-state index in [1.54, 1.807) is 23.9 Å². The van der Waals surface area contributed by atoms with E-state index in [4.69, 9.17) is 0 Å². The Labute approximate surface area is 177 Å². The summed E-state index contributed by atoms with van der Waals surface area (Å²) in [6.45, 7) is 12.9. The van der Waals surface area contributed by atoms with Crippen LogP contribution >= 0.6 is 11.8 Å². The van der Waals surface area contributed by atoms with E-state index in [9.17, 15) is 4.39 Å². The lowest BCUT2D eigenvalue weighted by atomic mass is 10.0. The number of aryl methyl sites for hydroxylation is 2. The highest BCUT2D eigenvalue weighted by Gasteiger charge is 2.23. The molecule has 0 radical (unpaired) electrons. The van der Waals surface area contributed by atoms with E-state index < -0.39 is 0 Å². The first kappa shape index (κ1) is 20.9. The minimum absolute atomic E-state index is 0.0131. The van der Waals surface area contributed by atoms with Crippen molar-refractivity contribution in [3.05, 3.63) is 120 Å². The first-order valence-electron chi connectivity index (χ1n) is 9.53. The smallest absolute Gasteiger partial charge is 0.123 e. The van der Waals surface area contributed by atoms with E-state index in [1.165, 1.54) is 28.8 Å². The number of thioether (sulfide) groups is 1. The van der Waals surface area contributed by atoms with E-state index in [1.807, 2.05) is 18.2 Å². The third kappa shape index (κ3) is 4.80. The van der Waals surface area contributed by atoms with Crippen molar-refractivity contribution in [2.24, 2.45) is 0 Å². The van der Waals surface area contributed by atoms with Gasteiger partial charge in [-0.1, -0.05) is 85.6 Å². The molecule has 0 aliphatic heterocycles. The Kier molecular flexibility index (Phi) is 6.60. The summed E-state index contributed by atoms with van der Waals surface area (Å²) in [5.74, 6) is -0.243. The predicted octanol–water partition coefficient (Wildman–Crippen LogP) is 7.45. The molecule has 1 unspecified atom stereocenters. The van der Waals surface area contributed by atoms with Crippen molar-refractivity contribution in [3.8, 4) is 0 Å². The fraction of sp³-hybridized carbons (Fsp3) is 0.154. The Morgan fingerprint density at radius 2 is 1.45 bits per heavy atom. The van der Waals surface area contributed by atoms with Crippen LogP contribution in [0.3, 0.4) is 0 Å². The maximum absolute atomic E-state index is 13.3. The Bertz CT molecular complexity index is 1020. The van der Waals surface area contributed by atoms with Crippen LogP contribution in [0, 0.1) is 19.7 Å². The van der Waals surface area contributed by atoms with Gasteiger partial charge in [0.05, 0.1) is 0 Å². The molecule has 3 rings (SSSR count). The molecule has 0 amide bonds. The molecule has 3 heteroatoms. The van der Waals surface area contributed by atoms with Crippen molar-refractivity contribution in [1.82, 2.24) is 4.90 Å². The summed E-state index contributed by atoms with van der Waals surface area (Å²) >= 11 is 1.66. The molecule has 0 aliphatic rings. The van der Waals surface area contributed by atoms with Crippen LogP contribution in [0.4, 0.5) is 4.39 Å². The zero-order chi connectivity index (χ0) is 21.0. The molecule has 0 spiro atoms. The Balaban J connectivity index is 1.96. The number of halogens is 1. The van der Waals surface area contributed by atoms with E-state index >= 15 is 0 Å². The fourth-order valence-electron chi connectivity index (χ4n) is 3.28. The van der Waals surface area contributed by atoms with Gasteiger partial charge in [0.2, 0.25) is 0 Å². The van der Waals surface area contributed by atoms with Crippen LogP contribution in [-0.4, -0.2) is 11.9 Å². The lowest BCUT2D eigenvalue weighted by molar-refractivity contribution is 0.463. The van der Waals surface area contributed by atoms with Crippen molar-refractivity contribution in [3.63, 3.8) is 0 Å². The quantitative estimate of drug-likeness (QED) is 0.377. The van der Waals surface area contributed by atoms with Gasteiger partial charge in [-0.3, -0.25) is 0 Å². The Morgan fingerprint density at radius 1 is 0.862 bits per heavy atom. The molecule has 0 saturated heterocycles. The average Bonchev–Trinajstić information content (AvgIpc) is 2.72. The van der Waals surface area contributed by atoms with Gasteiger partial charge in [0.1, 0.15) is 11.2 Å². The molecule has 0 aromatic heterocycles. The third-order valence-corrected chi connectivity index (χ3v) is 6.42. The standard InChI is InChI=1S/C26H26FNS/c1-18-10-6-8-12-24(18)20(3)28(5)26(25-13-9-7-11-19(25)2)29-21(4)22-14-16-23(27)17-15-22/h6-17,26H,3-4H2,1-2,5H3. The monoisotopic (exact) mass is 403 g/mol. The second-order valence-electron chi connectivity index (χ2n) is 7.13. The molecule has 0 bridgehead atoms. The van der Waals surface area contributed by atoms with Crippen LogP contribution in [0.1, 0.15) is 33.2 Å². The first-order valence-corrected chi connectivity index (χ1v) is 10.4. The first-order chi connectivity index (χ1) is 13.9. The molecular weight excluding hydrogens is 377 g/mol. The SMILES string of the molecule is C=C(SC(c1ccccc1C)N(C)C(=C)c1ccccc1C)c1ccc(F)cc1. The van der Waals surface area contributed by atoms with Gasteiger partial charge in [0, 0.05) is 23.2 Å². The number of rotatable bonds is 7. The normalized spacial score (nSPS) is 11.7. The highest BCUT2D eigenvalue weighted by Crippen LogP contribution is 2.44. The largest absolute Gasteiger partial charge is 0.358 e. The average molecular weight is 404 g/mol. The van der Waals surface area contributed by atoms with Gasteiger partial charge in [0.25, 0.3) is 0 Å². The summed E-state index contributed by atoms with van der Waals surface area (Å²) in [5.41, 5.74) is 6.61. The highest BCUT2D eigenvalue weighted by atomic mass is 32.2. The van der Waals surface area contributed by atoms with Crippen molar-refractivity contribution in [1.29, 1.82) is 0 Å². The number of hydrogen-bond donors (Lipinski definition) is 0. The van der Waals surface area contributed by atoms with Crippen LogP contribution in [0.2, 0.25) is 0 Å². The van der Waals surface area contributed by atoms with Gasteiger partial charge in [0.15, 0.2) is 0 Å². The van der Waals surface area contributed by atoms with Gasteiger partial charge >= 0.3 is 0 Å². The molecule has 3 aromatic carbocycles. The molecule has 3 aromatic rings. The van der Waals surface area contributed by atoms with Gasteiger partial charge < -0.3 is 4.90 Å². The third-order valence-electron chi connectivity index (χ3n) is 5.11. The van der Waals surface area contributed by atoms with Gasteiger partial charge in [-0.05, 0) is 48.2 Å². The lowest BCUT2D eigenvalue weighted by Crippen LogP contribution is -2.21. The molecule has 1 nitrogen and oxygen atoms in total. The number of hydrogen-bond acceptors (Lipinski definition) is 2. The lowest BCUT2D eigenvalue weighted by Gasteiger charge is -2.33. The highest BCUT2D eigenvalue weighted by molar-refractivity contribution is 8.08. The molecule has 0 heterocycles. The summed E-state index contributed by atoms with van der Waals surface area (Å²) in [6.07, 6.45) is 0. The van der Waals surface area contributed by atoms with Gasteiger partial charge in [-0.2, -0.15) is 0 Å². The molecule has 0 saturated carbocycles. The molecule has 0 aliphatic carbocycles. The summed E-state index contributed by atoms with van der Waals surface area (Å²) in [4.78, 5) is 3.09. The second kappa shape index (κ2) is 9.15. The van der Waals surface area contributed by atoms with Gasteiger partial charge in [-0.15, -0.1) is 0 Å². The molecule has 29 heavy (non-hydrogen) atoms. The minimum Gasteiger partial charge on any atom is -0.358 e.